The quantitative estimate of drug-likeness (QED) is 0.638. The van der Waals surface area contributed by atoms with Crippen LogP contribution in [0.2, 0.25) is 0 Å². The van der Waals surface area contributed by atoms with Gasteiger partial charge in [0.1, 0.15) is 22.8 Å². The van der Waals surface area contributed by atoms with Crippen LogP contribution in [0.15, 0.2) is 42.5 Å². The molecule has 0 N–H and O–H groups in total. The van der Waals surface area contributed by atoms with Crippen molar-refractivity contribution in [1.82, 2.24) is 9.80 Å². The van der Waals surface area contributed by atoms with E-state index in [9.17, 15) is 18.0 Å². The van der Waals surface area contributed by atoms with Crippen LogP contribution in [0.4, 0.5) is 13.2 Å². The fraction of sp³-hybridized carbons (Fsp3) is 0.409. The van der Waals surface area contributed by atoms with Crippen molar-refractivity contribution in [2.24, 2.45) is 5.92 Å². The topological polar surface area (TPSA) is 23.6 Å². The molecule has 7 heteroatoms. The van der Waals surface area contributed by atoms with Gasteiger partial charge >= 0.3 is 0 Å². The van der Waals surface area contributed by atoms with Crippen LogP contribution >= 0.6 is 11.8 Å². The Morgan fingerprint density at radius 1 is 1.14 bits per heavy atom. The fourth-order valence-corrected chi connectivity index (χ4v) is 4.80. The number of carbonyl (C=O) groups is 1. The zero-order valence-electron chi connectivity index (χ0n) is 16.6. The van der Waals surface area contributed by atoms with E-state index in [4.69, 9.17) is 0 Å². The molecule has 1 fully saturated rings. The Morgan fingerprint density at radius 3 is 2.41 bits per heavy atom. The van der Waals surface area contributed by atoms with Crippen LogP contribution in [0.25, 0.3) is 0 Å². The monoisotopic (exact) mass is 422 g/mol. The predicted molar refractivity (Wildman–Crippen MR) is 110 cm³/mol. The highest BCUT2D eigenvalue weighted by Crippen LogP contribution is 2.38. The van der Waals surface area contributed by atoms with Crippen LogP contribution in [-0.4, -0.2) is 41.1 Å². The van der Waals surface area contributed by atoms with Crippen molar-refractivity contribution >= 4 is 17.7 Å². The summed E-state index contributed by atoms with van der Waals surface area (Å²) in [6.45, 7) is 5.25. The minimum atomic E-state index is -0.605. The van der Waals surface area contributed by atoms with E-state index in [-0.39, 0.29) is 41.7 Å². The fourth-order valence-electron chi connectivity index (χ4n) is 3.52. The highest BCUT2D eigenvalue weighted by Gasteiger charge is 2.31. The lowest BCUT2D eigenvalue weighted by Crippen LogP contribution is -2.41. The van der Waals surface area contributed by atoms with Crippen LogP contribution in [0.1, 0.15) is 30.3 Å². The van der Waals surface area contributed by atoms with Crippen LogP contribution in [0.5, 0.6) is 0 Å². The third-order valence-corrected chi connectivity index (χ3v) is 6.05. The Balaban J connectivity index is 1.74. The van der Waals surface area contributed by atoms with E-state index in [1.807, 2.05) is 13.8 Å². The molecule has 0 aromatic heterocycles. The minimum Gasteiger partial charge on any atom is -0.325 e. The third kappa shape index (κ3) is 5.54. The molecule has 1 atom stereocenters. The molecule has 0 radical (unpaired) electrons. The molecule has 1 heterocycles. The second kappa shape index (κ2) is 9.67. The van der Waals surface area contributed by atoms with Crippen molar-refractivity contribution in [3.05, 3.63) is 71.0 Å². The molecule has 2 aromatic carbocycles. The number of thioether (sulfide) groups is 1. The Labute approximate surface area is 173 Å². The summed E-state index contributed by atoms with van der Waals surface area (Å²) in [5, 5.41) is -0.172. The van der Waals surface area contributed by atoms with Crippen molar-refractivity contribution in [1.29, 1.82) is 0 Å². The first kappa shape index (κ1) is 21.7. The summed E-state index contributed by atoms with van der Waals surface area (Å²) >= 11 is 1.63. The number of amides is 1. The molecule has 0 aliphatic carbocycles. The number of nitrogens with zero attached hydrogens (tertiary/aromatic N) is 2. The summed E-state index contributed by atoms with van der Waals surface area (Å²) in [6.07, 6.45) is 0. The molecule has 1 saturated heterocycles. The Kier molecular flexibility index (Phi) is 7.24. The molecule has 1 aliphatic heterocycles. The van der Waals surface area contributed by atoms with Crippen molar-refractivity contribution < 1.29 is 18.0 Å². The van der Waals surface area contributed by atoms with Gasteiger partial charge in [-0.3, -0.25) is 9.69 Å². The van der Waals surface area contributed by atoms with Crippen molar-refractivity contribution in [2.75, 3.05) is 25.4 Å². The number of halogens is 3. The van der Waals surface area contributed by atoms with Gasteiger partial charge in [-0.25, -0.2) is 13.2 Å². The average Bonchev–Trinajstić information content (AvgIpc) is 3.15. The predicted octanol–water partition coefficient (Wildman–Crippen LogP) is 4.84. The maximum absolute atomic E-state index is 14.1. The van der Waals surface area contributed by atoms with Gasteiger partial charge < -0.3 is 4.90 Å². The highest BCUT2D eigenvalue weighted by molar-refractivity contribution is 7.99. The lowest BCUT2D eigenvalue weighted by Gasteiger charge is -2.29. The molecule has 29 heavy (non-hydrogen) atoms. The summed E-state index contributed by atoms with van der Waals surface area (Å²) in [5.74, 6) is -0.594. The third-order valence-electron chi connectivity index (χ3n) is 4.79. The molecule has 2 aromatic rings. The number of benzene rings is 2. The number of carbonyl (C=O) groups excluding carboxylic acids is 1. The van der Waals surface area contributed by atoms with Gasteiger partial charge in [0, 0.05) is 31.0 Å². The van der Waals surface area contributed by atoms with E-state index < -0.39 is 11.6 Å². The van der Waals surface area contributed by atoms with Gasteiger partial charge in [0.25, 0.3) is 0 Å². The highest BCUT2D eigenvalue weighted by atomic mass is 32.2. The first-order valence-electron chi connectivity index (χ1n) is 9.67. The van der Waals surface area contributed by atoms with Crippen LogP contribution < -0.4 is 0 Å². The maximum Gasteiger partial charge on any atom is 0.237 e. The van der Waals surface area contributed by atoms with E-state index in [0.717, 1.165) is 11.3 Å². The van der Waals surface area contributed by atoms with E-state index >= 15 is 0 Å². The second-order valence-corrected chi connectivity index (χ2v) is 8.81. The lowest BCUT2D eigenvalue weighted by atomic mass is 10.1. The Hall–Kier alpha value is -1.99. The summed E-state index contributed by atoms with van der Waals surface area (Å²) in [7, 11) is 0. The number of hydrogen-bond donors (Lipinski definition) is 0. The molecule has 156 valence electrons. The van der Waals surface area contributed by atoms with Crippen molar-refractivity contribution in [3.63, 3.8) is 0 Å². The van der Waals surface area contributed by atoms with Gasteiger partial charge in [0.05, 0.1) is 6.54 Å². The van der Waals surface area contributed by atoms with Gasteiger partial charge in [0.2, 0.25) is 5.91 Å². The minimum absolute atomic E-state index is 0.0215. The van der Waals surface area contributed by atoms with Gasteiger partial charge in [-0.1, -0.05) is 32.0 Å². The first-order chi connectivity index (χ1) is 13.8. The van der Waals surface area contributed by atoms with E-state index in [2.05, 4.69) is 0 Å². The van der Waals surface area contributed by atoms with Crippen LogP contribution in [0.3, 0.4) is 0 Å². The second-order valence-electron chi connectivity index (χ2n) is 7.63. The molecule has 0 spiro atoms. The summed E-state index contributed by atoms with van der Waals surface area (Å²) < 4.78 is 41.5. The molecule has 0 saturated carbocycles. The van der Waals surface area contributed by atoms with Crippen LogP contribution in [0, 0.1) is 23.4 Å². The lowest BCUT2D eigenvalue weighted by molar-refractivity contribution is -0.132. The molecule has 3 rings (SSSR count). The molecule has 1 amide bonds. The van der Waals surface area contributed by atoms with Crippen molar-refractivity contribution in [3.8, 4) is 0 Å². The standard InChI is InChI=1S/C22H25F3N2OS/c1-15(2)12-26(13-18-19(24)4-3-5-20(18)25)14-21(28)27-10-11-29-22(27)16-6-8-17(23)9-7-16/h3-9,15,22H,10-14H2,1-2H3/t22-/m1/s1. The summed E-state index contributed by atoms with van der Waals surface area (Å²) in [4.78, 5) is 16.6. The van der Waals surface area contributed by atoms with Gasteiger partial charge in [-0.2, -0.15) is 0 Å². The average molecular weight is 423 g/mol. The first-order valence-corrected chi connectivity index (χ1v) is 10.7. The normalized spacial score (nSPS) is 16.8. The molecule has 1 aliphatic rings. The molecular formula is C22H25F3N2OS. The Morgan fingerprint density at radius 2 is 1.79 bits per heavy atom. The van der Waals surface area contributed by atoms with E-state index in [1.165, 1.54) is 30.3 Å². The van der Waals surface area contributed by atoms with Gasteiger partial charge in [0.15, 0.2) is 0 Å². The maximum atomic E-state index is 14.1. The van der Waals surface area contributed by atoms with E-state index in [0.29, 0.717) is 13.1 Å². The zero-order valence-corrected chi connectivity index (χ0v) is 17.4. The largest absolute Gasteiger partial charge is 0.325 e. The summed E-state index contributed by atoms with van der Waals surface area (Å²) in [6, 6.07) is 9.97. The number of hydrogen-bond acceptors (Lipinski definition) is 3. The van der Waals surface area contributed by atoms with Crippen molar-refractivity contribution in [2.45, 2.75) is 25.8 Å². The summed E-state index contributed by atoms with van der Waals surface area (Å²) in [5.41, 5.74) is 0.852. The molecule has 0 bridgehead atoms. The molecule has 0 unspecified atom stereocenters. The molecule has 3 nitrogen and oxygen atoms in total. The van der Waals surface area contributed by atoms with E-state index in [1.54, 1.807) is 33.7 Å². The smallest absolute Gasteiger partial charge is 0.237 e. The number of rotatable bonds is 7. The zero-order chi connectivity index (χ0) is 21.0. The van der Waals surface area contributed by atoms with Crippen LogP contribution in [-0.2, 0) is 11.3 Å². The van der Waals surface area contributed by atoms with Gasteiger partial charge in [-0.15, -0.1) is 11.8 Å². The molecular weight excluding hydrogens is 397 g/mol. The van der Waals surface area contributed by atoms with Gasteiger partial charge in [-0.05, 0) is 35.7 Å². The SMILES string of the molecule is CC(C)CN(CC(=O)N1CCS[C@@H]1c1ccc(F)cc1)Cc1c(F)cccc1F. The Bertz CT molecular complexity index is 824.